The number of rotatable bonds is 4. The molecule has 1 aliphatic carbocycles. The highest BCUT2D eigenvalue weighted by Crippen LogP contribution is 2.34. The second-order valence-electron chi connectivity index (χ2n) is 5.22. The van der Waals surface area contributed by atoms with Crippen LogP contribution in [0, 0.1) is 0 Å². The smallest absolute Gasteiger partial charge is 0.406 e. The lowest BCUT2D eigenvalue weighted by atomic mass is 9.90. The summed E-state index contributed by atoms with van der Waals surface area (Å²) in [6, 6.07) is 5.33. The third kappa shape index (κ3) is 3.86. The SMILES string of the molecule is OC(Cc1ccc(OC(F)(F)F)cc1)C1(O)CCCC1. The van der Waals surface area contributed by atoms with Gasteiger partial charge in [0.15, 0.2) is 0 Å². The van der Waals surface area contributed by atoms with Gasteiger partial charge in [-0.1, -0.05) is 25.0 Å². The number of halogens is 3. The second-order valence-corrected chi connectivity index (χ2v) is 5.22. The van der Waals surface area contributed by atoms with E-state index >= 15 is 0 Å². The summed E-state index contributed by atoms with van der Waals surface area (Å²) in [4.78, 5) is 0. The summed E-state index contributed by atoms with van der Waals surface area (Å²) in [6.07, 6.45) is -2.52. The van der Waals surface area contributed by atoms with Gasteiger partial charge in [-0.05, 0) is 30.5 Å². The van der Waals surface area contributed by atoms with Gasteiger partial charge in [-0.25, -0.2) is 0 Å². The molecule has 0 heterocycles. The van der Waals surface area contributed by atoms with E-state index in [9.17, 15) is 23.4 Å². The number of benzene rings is 1. The zero-order valence-corrected chi connectivity index (χ0v) is 10.9. The summed E-state index contributed by atoms with van der Waals surface area (Å²) in [5.41, 5.74) is -0.409. The van der Waals surface area contributed by atoms with Gasteiger partial charge in [-0.2, -0.15) is 0 Å². The molecule has 20 heavy (non-hydrogen) atoms. The Morgan fingerprint density at radius 1 is 1.15 bits per heavy atom. The maximum atomic E-state index is 12.0. The van der Waals surface area contributed by atoms with Crippen LogP contribution < -0.4 is 4.74 Å². The lowest BCUT2D eigenvalue weighted by Gasteiger charge is -2.28. The molecular formula is C14H17F3O3. The predicted octanol–water partition coefficient (Wildman–Crippen LogP) is 2.79. The molecule has 0 aliphatic heterocycles. The molecule has 1 atom stereocenters. The topological polar surface area (TPSA) is 49.7 Å². The van der Waals surface area contributed by atoms with Crippen molar-refractivity contribution in [2.75, 3.05) is 0 Å². The number of hydrogen-bond donors (Lipinski definition) is 2. The van der Waals surface area contributed by atoms with E-state index in [1.807, 2.05) is 0 Å². The largest absolute Gasteiger partial charge is 0.573 e. The van der Waals surface area contributed by atoms with Crippen molar-refractivity contribution in [3.05, 3.63) is 29.8 Å². The van der Waals surface area contributed by atoms with Crippen LogP contribution in [0.3, 0.4) is 0 Å². The van der Waals surface area contributed by atoms with E-state index in [2.05, 4.69) is 4.74 Å². The van der Waals surface area contributed by atoms with E-state index in [1.165, 1.54) is 24.3 Å². The fraction of sp³-hybridized carbons (Fsp3) is 0.571. The van der Waals surface area contributed by atoms with E-state index in [4.69, 9.17) is 0 Å². The number of alkyl halides is 3. The molecule has 0 amide bonds. The van der Waals surface area contributed by atoms with Crippen LogP contribution in [-0.2, 0) is 6.42 Å². The van der Waals surface area contributed by atoms with Crippen molar-refractivity contribution < 1.29 is 28.1 Å². The van der Waals surface area contributed by atoms with Crippen LogP contribution in [-0.4, -0.2) is 28.3 Å². The molecule has 3 nitrogen and oxygen atoms in total. The molecule has 0 saturated heterocycles. The van der Waals surface area contributed by atoms with E-state index < -0.39 is 18.1 Å². The predicted molar refractivity (Wildman–Crippen MR) is 66.3 cm³/mol. The summed E-state index contributed by atoms with van der Waals surface area (Å²) in [7, 11) is 0. The van der Waals surface area contributed by atoms with Crippen molar-refractivity contribution >= 4 is 0 Å². The molecule has 2 rings (SSSR count). The van der Waals surface area contributed by atoms with E-state index in [1.54, 1.807) is 0 Å². The summed E-state index contributed by atoms with van der Waals surface area (Å²) in [6.45, 7) is 0. The fourth-order valence-corrected chi connectivity index (χ4v) is 2.56. The highest BCUT2D eigenvalue weighted by Gasteiger charge is 2.38. The molecule has 1 fully saturated rings. The van der Waals surface area contributed by atoms with Gasteiger partial charge in [0.2, 0.25) is 0 Å². The molecule has 112 valence electrons. The molecule has 6 heteroatoms. The minimum atomic E-state index is -4.71. The van der Waals surface area contributed by atoms with Gasteiger partial charge in [0.25, 0.3) is 0 Å². The van der Waals surface area contributed by atoms with Crippen LogP contribution >= 0.6 is 0 Å². The summed E-state index contributed by atoms with van der Waals surface area (Å²) < 4.78 is 39.8. The first-order valence-electron chi connectivity index (χ1n) is 6.54. The van der Waals surface area contributed by atoms with E-state index in [0.717, 1.165) is 12.8 Å². The zero-order chi connectivity index (χ0) is 14.8. The average Bonchev–Trinajstić information content (AvgIpc) is 2.78. The molecule has 2 N–H and O–H groups in total. The van der Waals surface area contributed by atoms with Gasteiger partial charge in [0.1, 0.15) is 5.75 Å². The van der Waals surface area contributed by atoms with Crippen molar-refractivity contribution in [2.24, 2.45) is 0 Å². The van der Waals surface area contributed by atoms with Crippen LogP contribution in [0.4, 0.5) is 13.2 Å². The monoisotopic (exact) mass is 290 g/mol. The molecule has 1 aromatic rings. The maximum Gasteiger partial charge on any atom is 0.573 e. The standard InChI is InChI=1S/C14H17F3O3/c15-14(16,17)20-11-5-3-10(4-6-11)9-12(18)13(19)7-1-2-8-13/h3-6,12,18-19H,1-2,7-9H2. The molecule has 0 bridgehead atoms. The number of hydrogen-bond acceptors (Lipinski definition) is 3. The number of ether oxygens (including phenoxy) is 1. The highest BCUT2D eigenvalue weighted by atomic mass is 19.4. The molecule has 0 aromatic heterocycles. The van der Waals surface area contributed by atoms with Crippen molar-refractivity contribution in [3.8, 4) is 5.75 Å². The minimum absolute atomic E-state index is 0.211. The Labute approximate surface area is 115 Å². The van der Waals surface area contributed by atoms with Crippen LogP contribution in [0.1, 0.15) is 31.2 Å². The van der Waals surface area contributed by atoms with Crippen LogP contribution in [0.25, 0.3) is 0 Å². The van der Waals surface area contributed by atoms with E-state index in [0.29, 0.717) is 18.4 Å². The molecule has 0 radical (unpaired) electrons. The van der Waals surface area contributed by atoms with Crippen LogP contribution in [0.15, 0.2) is 24.3 Å². The maximum absolute atomic E-state index is 12.0. The Morgan fingerprint density at radius 2 is 1.70 bits per heavy atom. The third-order valence-electron chi connectivity index (χ3n) is 3.68. The van der Waals surface area contributed by atoms with Crippen LogP contribution in [0.2, 0.25) is 0 Å². The summed E-state index contributed by atoms with van der Waals surface area (Å²) in [5, 5.41) is 20.3. The fourth-order valence-electron chi connectivity index (χ4n) is 2.56. The van der Waals surface area contributed by atoms with Crippen LogP contribution in [0.5, 0.6) is 5.75 Å². The second kappa shape index (κ2) is 5.61. The lowest BCUT2D eigenvalue weighted by Crippen LogP contribution is -2.40. The highest BCUT2D eigenvalue weighted by molar-refractivity contribution is 5.28. The van der Waals surface area contributed by atoms with Crippen molar-refractivity contribution in [1.29, 1.82) is 0 Å². The molecule has 1 unspecified atom stereocenters. The Balaban J connectivity index is 1.97. The quantitative estimate of drug-likeness (QED) is 0.896. The molecule has 1 aliphatic rings. The first-order valence-corrected chi connectivity index (χ1v) is 6.54. The first kappa shape index (κ1) is 15.1. The lowest BCUT2D eigenvalue weighted by molar-refractivity contribution is -0.274. The number of aliphatic hydroxyl groups is 2. The van der Waals surface area contributed by atoms with E-state index in [-0.39, 0.29) is 12.2 Å². The summed E-state index contributed by atoms with van der Waals surface area (Å²) in [5.74, 6) is -0.296. The van der Waals surface area contributed by atoms with Gasteiger partial charge in [0, 0.05) is 6.42 Å². The third-order valence-corrected chi connectivity index (χ3v) is 3.68. The van der Waals surface area contributed by atoms with Gasteiger partial charge in [0.05, 0.1) is 11.7 Å². The summed E-state index contributed by atoms with van der Waals surface area (Å²) >= 11 is 0. The Morgan fingerprint density at radius 3 is 2.20 bits per heavy atom. The Bertz CT molecular complexity index is 436. The van der Waals surface area contributed by atoms with Gasteiger partial charge < -0.3 is 14.9 Å². The van der Waals surface area contributed by atoms with Crippen molar-refractivity contribution in [1.82, 2.24) is 0 Å². The van der Waals surface area contributed by atoms with Crippen molar-refractivity contribution in [3.63, 3.8) is 0 Å². The minimum Gasteiger partial charge on any atom is -0.406 e. The van der Waals surface area contributed by atoms with Gasteiger partial charge in [-0.15, -0.1) is 13.2 Å². The normalized spacial score (nSPS) is 19.9. The van der Waals surface area contributed by atoms with Gasteiger partial charge in [-0.3, -0.25) is 0 Å². The average molecular weight is 290 g/mol. The zero-order valence-electron chi connectivity index (χ0n) is 10.9. The Hall–Kier alpha value is -1.27. The molecular weight excluding hydrogens is 273 g/mol. The molecule has 1 saturated carbocycles. The Kier molecular flexibility index (Phi) is 4.25. The first-order chi connectivity index (χ1) is 9.28. The number of aliphatic hydroxyl groups excluding tert-OH is 1. The molecule has 0 spiro atoms. The van der Waals surface area contributed by atoms with Gasteiger partial charge >= 0.3 is 6.36 Å². The van der Waals surface area contributed by atoms with Crippen molar-refractivity contribution in [2.45, 2.75) is 50.2 Å². The molecule has 1 aromatic carbocycles.